The van der Waals surface area contributed by atoms with Crippen molar-refractivity contribution >= 4 is 0 Å². The van der Waals surface area contributed by atoms with Crippen LogP contribution in [0.25, 0.3) is 0 Å². The van der Waals surface area contributed by atoms with Gasteiger partial charge in [-0.2, -0.15) is 0 Å². The second-order valence-electron chi connectivity index (χ2n) is 4.00. The Hall–Kier alpha value is -1.56. The summed E-state index contributed by atoms with van der Waals surface area (Å²) in [6, 6.07) is 8.56. The van der Waals surface area contributed by atoms with Crippen molar-refractivity contribution in [3.8, 4) is 0 Å². The molecule has 15 heavy (non-hydrogen) atoms. The first-order chi connectivity index (χ1) is 7.08. The minimum Gasteiger partial charge on any atom is -0.0961 e. The lowest BCUT2D eigenvalue weighted by Gasteiger charge is -2.01. The van der Waals surface area contributed by atoms with Crippen molar-refractivity contribution in [1.82, 2.24) is 0 Å². The number of aryl methyl sites for hydroxylation is 1. The van der Waals surface area contributed by atoms with E-state index in [2.05, 4.69) is 44.3 Å². The summed E-state index contributed by atoms with van der Waals surface area (Å²) < 4.78 is 0. The van der Waals surface area contributed by atoms with Gasteiger partial charge in [0.25, 0.3) is 0 Å². The molecule has 0 saturated carbocycles. The van der Waals surface area contributed by atoms with Crippen LogP contribution in [-0.4, -0.2) is 0 Å². The van der Waals surface area contributed by atoms with Crippen molar-refractivity contribution in [3.05, 3.63) is 71.8 Å². The van der Waals surface area contributed by atoms with E-state index in [1.165, 1.54) is 11.1 Å². The van der Waals surface area contributed by atoms with E-state index in [1.54, 1.807) is 0 Å². The van der Waals surface area contributed by atoms with Crippen LogP contribution in [0.4, 0.5) is 0 Å². The molecule has 1 rings (SSSR count). The van der Waals surface area contributed by atoms with Gasteiger partial charge in [-0.3, -0.25) is 0 Å². The van der Waals surface area contributed by atoms with Crippen molar-refractivity contribution in [2.75, 3.05) is 0 Å². The fourth-order valence-electron chi connectivity index (χ4n) is 1.29. The highest BCUT2D eigenvalue weighted by molar-refractivity contribution is 5.30. The molecule has 0 aromatic heterocycles. The lowest BCUT2D eigenvalue weighted by molar-refractivity contribution is 1.20. The lowest BCUT2D eigenvalue weighted by Crippen LogP contribution is -1.86. The monoisotopic (exact) mass is 198 g/mol. The molecular weight excluding hydrogens is 180 g/mol. The second-order valence-corrected chi connectivity index (χ2v) is 4.00. The number of allylic oxidation sites excluding steroid dienone is 4. The fraction of sp³-hybridized carbons (Fsp3) is 0.200. The van der Waals surface area contributed by atoms with E-state index in [0.29, 0.717) is 0 Å². The zero-order valence-electron chi connectivity index (χ0n) is 9.59. The molecule has 0 heteroatoms. The van der Waals surface area contributed by atoms with Crippen molar-refractivity contribution < 1.29 is 0 Å². The van der Waals surface area contributed by atoms with E-state index in [-0.39, 0.29) is 0 Å². The first-order valence-electron chi connectivity index (χ1n) is 5.15. The van der Waals surface area contributed by atoms with E-state index in [0.717, 1.165) is 17.6 Å². The molecule has 1 aromatic carbocycles. The van der Waals surface area contributed by atoms with Crippen LogP contribution in [0, 0.1) is 6.92 Å². The lowest BCUT2D eigenvalue weighted by atomic mass is 10.0. The predicted molar refractivity (Wildman–Crippen MR) is 68.0 cm³/mol. The number of rotatable bonds is 4. The molecule has 78 valence electrons. The predicted octanol–water partition coefficient (Wildman–Crippen LogP) is 4.23. The van der Waals surface area contributed by atoms with Crippen LogP contribution < -0.4 is 0 Å². The molecule has 1 aromatic rings. The Labute approximate surface area is 92.6 Å². The summed E-state index contributed by atoms with van der Waals surface area (Å²) in [5, 5.41) is 0. The fourth-order valence-corrected chi connectivity index (χ4v) is 1.29. The summed E-state index contributed by atoms with van der Waals surface area (Å²) in [5.41, 5.74) is 4.76. The maximum absolute atomic E-state index is 4.02. The van der Waals surface area contributed by atoms with Crippen LogP contribution in [0.2, 0.25) is 0 Å². The zero-order chi connectivity index (χ0) is 11.3. The molecule has 0 heterocycles. The molecule has 0 N–H and O–H groups in total. The molecule has 0 spiro atoms. The Bertz CT molecular complexity index is 377. The highest BCUT2D eigenvalue weighted by Crippen LogP contribution is 2.09. The molecule has 0 aliphatic heterocycles. The van der Waals surface area contributed by atoms with Gasteiger partial charge in [-0.25, -0.2) is 0 Å². The Morgan fingerprint density at radius 2 is 1.73 bits per heavy atom. The summed E-state index contributed by atoms with van der Waals surface area (Å²) in [6.45, 7) is 11.9. The van der Waals surface area contributed by atoms with Gasteiger partial charge in [-0.05, 0) is 25.8 Å². The number of benzene rings is 1. The zero-order valence-corrected chi connectivity index (χ0v) is 9.59. The SMILES string of the molecule is C=C(C)C=CC(=C)Cc1ccc(C)cc1. The topological polar surface area (TPSA) is 0 Å². The van der Waals surface area contributed by atoms with E-state index in [4.69, 9.17) is 0 Å². The molecule has 0 fully saturated rings. The van der Waals surface area contributed by atoms with Gasteiger partial charge in [0.05, 0.1) is 0 Å². The third-order valence-corrected chi connectivity index (χ3v) is 2.16. The molecule has 0 atom stereocenters. The quantitative estimate of drug-likeness (QED) is 0.635. The average Bonchev–Trinajstić information content (AvgIpc) is 2.19. The Morgan fingerprint density at radius 3 is 2.27 bits per heavy atom. The normalized spacial score (nSPS) is 10.5. The van der Waals surface area contributed by atoms with Crippen molar-refractivity contribution in [2.45, 2.75) is 20.3 Å². The van der Waals surface area contributed by atoms with E-state index >= 15 is 0 Å². The minimum absolute atomic E-state index is 0.907. The summed E-state index contributed by atoms with van der Waals surface area (Å²) in [5.74, 6) is 0. The van der Waals surface area contributed by atoms with E-state index in [9.17, 15) is 0 Å². The van der Waals surface area contributed by atoms with E-state index < -0.39 is 0 Å². The molecule has 0 radical (unpaired) electrons. The van der Waals surface area contributed by atoms with Gasteiger partial charge in [0.1, 0.15) is 0 Å². The Morgan fingerprint density at radius 1 is 1.13 bits per heavy atom. The molecule has 0 nitrogen and oxygen atoms in total. The molecular formula is C15H18. The van der Waals surface area contributed by atoms with Gasteiger partial charge in [0.2, 0.25) is 0 Å². The maximum atomic E-state index is 4.02. The van der Waals surface area contributed by atoms with Crippen LogP contribution in [0.15, 0.2) is 60.7 Å². The van der Waals surface area contributed by atoms with Gasteiger partial charge in [0, 0.05) is 0 Å². The highest BCUT2D eigenvalue weighted by atomic mass is 14.0. The average molecular weight is 198 g/mol. The van der Waals surface area contributed by atoms with Gasteiger partial charge in [-0.1, -0.05) is 66.3 Å². The number of hydrogen-bond donors (Lipinski definition) is 0. The first kappa shape index (κ1) is 11.5. The summed E-state index contributed by atoms with van der Waals surface area (Å²) >= 11 is 0. The van der Waals surface area contributed by atoms with Crippen LogP contribution in [0.1, 0.15) is 18.1 Å². The van der Waals surface area contributed by atoms with Crippen molar-refractivity contribution in [3.63, 3.8) is 0 Å². The van der Waals surface area contributed by atoms with Gasteiger partial charge >= 0.3 is 0 Å². The summed E-state index contributed by atoms with van der Waals surface area (Å²) in [6.07, 6.45) is 4.93. The summed E-state index contributed by atoms with van der Waals surface area (Å²) in [7, 11) is 0. The minimum atomic E-state index is 0.907. The second kappa shape index (κ2) is 5.35. The molecule has 0 unspecified atom stereocenters. The molecule has 0 aliphatic rings. The van der Waals surface area contributed by atoms with Gasteiger partial charge < -0.3 is 0 Å². The molecule has 0 amide bonds. The summed E-state index contributed by atoms with van der Waals surface area (Å²) in [4.78, 5) is 0. The molecule has 0 bridgehead atoms. The van der Waals surface area contributed by atoms with Crippen LogP contribution in [0.5, 0.6) is 0 Å². The number of hydrogen-bond acceptors (Lipinski definition) is 0. The Kier molecular flexibility index (Phi) is 4.11. The van der Waals surface area contributed by atoms with Gasteiger partial charge in [-0.15, -0.1) is 0 Å². The third-order valence-electron chi connectivity index (χ3n) is 2.16. The smallest absolute Gasteiger partial charge is 0.00316 e. The van der Waals surface area contributed by atoms with E-state index in [1.807, 2.05) is 19.1 Å². The van der Waals surface area contributed by atoms with Crippen molar-refractivity contribution in [2.24, 2.45) is 0 Å². The first-order valence-corrected chi connectivity index (χ1v) is 5.15. The Balaban J connectivity index is 2.59. The maximum Gasteiger partial charge on any atom is -0.00316 e. The van der Waals surface area contributed by atoms with Crippen molar-refractivity contribution in [1.29, 1.82) is 0 Å². The van der Waals surface area contributed by atoms with Crippen LogP contribution in [-0.2, 0) is 6.42 Å². The van der Waals surface area contributed by atoms with Crippen LogP contribution >= 0.6 is 0 Å². The van der Waals surface area contributed by atoms with Crippen LogP contribution in [0.3, 0.4) is 0 Å². The standard InChI is InChI=1S/C15H18/c1-12(2)5-6-14(4)11-15-9-7-13(3)8-10-15/h5-10H,1,4,11H2,2-3H3. The molecule has 0 aliphatic carbocycles. The highest BCUT2D eigenvalue weighted by Gasteiger charge is 1.93. The third kappa shape index (κ3) is 4.46. The van der Waals surface area contributed by atoms with Gasteiger partial charge in [0.15, 0.2) is 0 Å². The molecule has 0 saturated heterocycles. The largest absolute Gasteiger partial charge is 0.0961 e.